The molecule has 1 saturated heterocycles. The molecule has 1 aliphatic carbocycles. The van der Waals surface area contributed by atoms with Crippen molar-refractivity contribution in [3.05, 3.63) is 41.1 Å². The molecule has 0 saturated carbocycles. The molecular weight excluding hydrogens is 292 g/mol. The maximum atomic E-state index is 12.5. The quantitative estimate of drug-likeness (QED) is 0.886. The number of hydrogen-bond acceptors (Lipinski definition) is 4. The van der Waals surface area contributed by atoms with Crippen molar-refractivity contribution in [2.75, 3.05) is 19.6 Å². The van der Waals surface area contributed by atoms with Gasteiger partial charge >= 0.3 is 0 Å². The van der Waals surface area contributed by atoms with Crippen LogP contribution in [0.3, 0.4) is 0 Å². The molecule has 1 atom stereocenters. The topological polar surface area (TPSA) is 74.2 Å². The van der Waals surface area contributed by atoms with E-state index in [1.54, 1.807) is 6.26 Å². The zero-order valence-corrected chi connectivity index (χ0v) is 13.2. The molecule has 4 rings (SSSR count). The number of nitrogens with one attached hydrogen (secondary N) is 2. The number of rotatable bonds is 5. The Balaban J connectivity index is 1.46. The standard InChI is InChI=1S/C17H22N4O2/c22-17(16-12-5-3-6-13(12)19-20-16)18-11-14(15-7-4-10-23-15)21-8-1-2-9-21/h4,7,10,14H,1-3,5-6,8-9,11H2,(H,18,22)(H,19,20). The highest BCUT2D eigenvalue weighted by Crippen LogP contribution is 2.26. The molecule has 1 unspecified atom stereocenters. The predicted octanol–water partition coefficient (Wildman–Crippen LogP) is 2.06. The van der Waals surface area contributed by atoms with Crippen molar-refractivity contribution >= 4 is 5.91 Å². The van der Waals surface area contributed by atoms with Crippen LogP contribution >= 0.6 is 0 Å². The summed E-state index contributed by atoms with van der Waals surface area (Å²) < 4.78 is 5.59. The molecule has 2 N–H and O–H groups in total. The van der Waals surface area contributed by atoms with Crippen molar-refractivity contribution in [2.24, 2.45) is 0 Å². The molecule has 1 aliphatic heterocycles. The van der Waals surface area contributed by atoms with E-state index in [4.69, 9.17) is 4.42 Å². The molecule has 1 fully saturated rings. The van der Waals surface area contributed by atoms with E-state index in [0.717, 1.165) is 49.4 Å². The Hall–Kier alpha value is -2.08. The van der Waals surface area contributed by atoms with E-state index in [2.05, 4.69) is 20.4 Å². The molecule has 0 bridgehead atoms. The third kappa shape index (κ3) is 2.79. The highest BCUT2D eigenvalue weighted by atomic mass is 16.3. The molecule has 2 aliphatic rings. The Morgan fingerprint density at radius 2 is 2.22 bits per heavy atom. The lowest BCUT2D eigenvalue weighted by Gasteiger charge is -2.25. The van der Waals surface area contributed by atoms with Gasteiger partial charge in [0.15, 0.2) is 5.69 Å². The van der Waals surface area contributed by atoms with Crippen LogP contribution in [0.1, 0.15) is 52.8 Å². The highest BCUT2D eigenvalue weighted by molar-refractivity contribution is 5.94. The molecular formula is C17H22N4O2. The average molecular weight is 314 g/mol. The summed E-state index contributed by atoms with van der Waals surface area (Å²) in [6.07, 6.45) is 7.16. The summed E-state index contributed by atoms with van der Waals surface area (Å²) in [4.78, 5) is 14.9. The first kappa shape index (κ1) is 14.5. The minimum Gasteiger partial charge on any atom is -0.468 e. The molecule has 0 radical (unpaired) electrons. The highest BCUT2D eigenvalue weighted by Gasteiger charge is 2.28. The second kappa shape index (κ2) is 6.20. The molecule has 0 spiro atoms. The molecule has 6 heteroatoms. The number of carbonyl (C=O) groups excluding carboxylic acids is 1. The van der Waals surface area contributed by atoms with Gasteiger partial charge in [-0.25, -0.2) is 0 Å². The minimum absolute atomic E-state index is 0.0832. The van der Waals surface area contributed by atoms with Crippen LogP contribution < -0.4 is 5.32 Å². The van der Waals surface area contributed by atoms with Crippen LogP contribution in [0.2, 0.25) is 0 Å². The van der Waals surface area contributed by atoms with Crippen molar-refractivity contribution in [2.45, 2.75) is 38.1 Å². The lowest BCUT2D eigenvalue weighted by atomic mass is 10.1. The normalized spacial score (nSPS) is 19.0. The number of aryl methyl sites for hydroxylation is 1. The molecule has 6 nitrogen and oxygen atoms in total. The number of H-pyrrole nitrogens is 1. The lowest BCUT2D eigenvalue weighted by molar-refractivity contribution is 0.0928. The van der Waals surface area contributed by atoms with Gasteiger partial charge in [0.1, 0.15) is 5.76 Å². The van der Waals surface area contributed by atoms with Crippen LogP contribution in [0.4, 0.5) is 0 Å². The van der Waals surface area contributed by atoms with Crippen LogP contribution in [0, 0.1) is 0 Å². The van der Waals surface area contributed by atoms with E-state index in [-0.39, 0.29) is 11.9 Å². The van der Waals surface area contributed by atoms with Crippen molar-refractivity contribution in [1.29, 1.82) is 0 Å². The lowest BCUT2D eigenvalue weighted by Crippen LogP contribution is -2.37. The molecule has 2 aromatic rings. The van der Waals surface area contributed by atoms with Gasteiger partial charge < -0.3 is 9.73 Å². The predicted molar refractivity (Wildman–Crippen MR) is 85.2 cm³/mol. The van der Waals surface area contributed by atoms with Gasteiger partial charge in [-0.15, -0.1) is 0 Å². The summed E-state index contributed by atoms with van der Waals surface area (Å²) in [7, 11) is 0. The molecule has 23 heavy (non-hydrogen) atoms. The molecule has 0 aromatic carbocycles. The number of fused-ring (bicyclic) bond motifs is 1. The summed E-state index contributed by atoms with van der Waals surface area (Å²) in [5, 5.41) is 10.3. The summed E-state index contributed by atoms with van der Waals surface area (Å²) in [6.45, 7) is 2.66. The van der Waals surface area contributed by atoms with Gasteiger partial charge in [-0.3, -0.25) is 14.8 Å². The second-order valence-corrected chi connectivity index (χ2v) is 6.37. The number of aromatic amines is 1. The first-order valence-electron chi connectivity index (χ1n) is 8.44. The molecule has 122 valence electrons. The Bertz CT molecular complexity index is 671. The van der Waals surface area contributed by atoms with Gasteiger partial charge in [0.2, 0.25) is 0 Å². The van der Waals surface area contributed by atoms with Gasteiger partial charge in [0.05, 0.1) is 12.3 Å². The number of likely N-dealkylation sites (tertiary alicyclic amines) is 1. The maximum absolute atomic E-state index is 12.5. The first-order chi connectivity index (χ1) is 11.3. The number of amides is 1. The van der Waals surface area contributed by atoms with E-state index in [1.165, 1.54) is 12.8 Å². The Labute approximate surface area is 135 Å². The summed E-state index contributed by atoms with van der Waals surface area (Å²) in [5.41, 5.74) is 2.78. The monoisotopic (exact) mass is 314 g/mol. The third-order valence-electron chi connectivity index (χ3n) is 4.93. The van der Waals surface area contributed by atoms with Crippen molar-refractivity contribution in [3.63, 3.8) is 0 Å². The van der Waals surface area contributed by atoms with Crippen LogP contribution in [-0.2, 0) is 12.8 Å². The number of hydrogen-bond donors (Lipinski definition) is 2. The zero-order valence-electron chi connectivity index (χ0n) is 13.2. The van der Waals surface area contributed by atoms with E-state index >= 15 is 0 Å². The summed E-state index contributed by atoms with van der Waals surface area (Å²) in [6, 6.07) is 3.99. The van der Waals surface area contributed by atoms with E-state index in [9.17, 15) is 4.79 Å². The fourth-order valence-electron chi connectivity index (χ4n) is 3.72. The van der Waals surface area contributed by atoms with Gasteiger partial charge in [-0.1, -0.05) is 0 Å². The van der Waals surface area contributed by atoms with Crippen LogP contribution in [-0.4, -0.2) is 40.6 Å². The number of aromatic nitrogens is 2. The Kier molecular flexibility index (Phi) is 3.91. The van der Waals surface area contributed by atoms with Crippen LogP contribution in [0.25, 0.3) is 0 Å². The smallest absolute Gasteiger partial charge is 0.272 e. The van der Waals surface area contributed by atoms with Crippen molar-refractivity contribution < 1.29 is 9.21 Å². The van der Waals surface area contributed by atoms with Gasteiger partial charge in [0, 0.05) is 17.8 Å². The van der Waals surface area contributed by atoms with E-state index in [1.807, 2.05) is 12.1 Å². The second-order valence-electron chi connectivity index (χ2n) is 6.37. The molecule has 2 aromatic heterocycles. The van der Waals surface area contributed by atoms with Crippen LogP contribution in [0.5, 0.6) is 0 Å². The average Bonchev–Trinajstić information content (AvgIpc) is 3.31. The van der Waals surface area contributed by atoms with Crippen LogP contribution in [0.15, 0.2) is 22.8 Å². The van der Waals surface area contributed by atoms with Crippen molar-refractivity contribution in [1.82, 2.24) is 20.4 Å². The SMILES string of the molecule is O=C(NCC(c1ccco1)N1CCCC1)c1n[nH]c2c1CCC2. The number of nitrogens with zero attached hydrogens (tertiary/aromatic N) is 2. The fourth-order valence-corrected chi connectivity index (χ4v) is 3.72. The first-order valence-corrected chi connectivity index (χ1v) is 8.44. The fraction of sp³-hybridized carbons (Fsp3) is 0.529. The molecule has 3 heterocycles. The van der Waals surface area contributed by atoms with E-state index < -0.39 is 0 Å². The zero-order chi connectivity index (χ0) is 15.6. The number of furan rings is 1. The number of carbonyl (C=O) groups is 1. The maximum Gasteiger partial charge on any atom is 0.272 e. The minimum atomic E-state index is -0.0832. The van der Waals surface area contributed by atoms with Gasteiger partial charge in [-0.05, 0) is 57.3 Å². The molecule has 1 amide bonds. The summed E-state index contributed by atoms with van der Waals surface area (Å²) in [5.74, 6) is 0.833. The van der Waals surface area contributed by atoms with Crippen molar-refractivity contribution in [3.8, 4) is 0 Å². The largest absolute Gasteiger partial charge is 0.468 e. The van der Waals surface area contributed by atoms with E-state index in [0.29, 0.717) is 12.2 Å². The third-order valence-corrected chi connectivity index (χ3v) is 4.93. The summed E-state index contributed by atoms with van der Waals surface area (Å²) >= 11 is 0. The Morgan fingerprint density at radius 3 is 3.00 bits per heavy atom. The van der Waals surface area contributed by atoms with Gasteiger partial charge in [-0.2, -0.15) is 5.10 Å². The van der Waals surface area contributed by atoms with Gasteiger partial charge in [0.25, 0.3) is 5.91 Å². The Morgan fingerprint density at radius 1 is 1.35 bits per heavy atom.